The number of carbonyl (C=O) groups excluding carboxylic acids is 1. The molecule has 0 aromatic carbocycles. The summed E-state index contributed by atoms with van der Waals surface area (Å²) in [6.07, 6.45) is 21.0. The van der Waals surface area contributed by atoms with Crippen LogP contribution in [0.3, 0.4) is 0 Å². The van der Waals surface area contributed by atoms with E-state index in [4.69, 9.17) is 0 Å². The number of aliphatic hydroxyl groups is 1. The van der Waals surface area contributed by atoms with E-state index in [1.165, 1.54) is 89.9 Å². The van der Waals surface area contributed by atoms with Crippen LogP contribution in [0.5, 0.6) is 0 Å². The Labute approximate surface area is 207 Å². The summed E-state index contributed by atoms with van der Waals surface area (Å²) >= 11 is 0. The first-order valence-electron chi connectivity index (χ1n) is 12.4. The van der Waals surface area contributed by atoms with Gasteiger partial charge in [0.2, 0.25) is 0 Å². The monoisotopic (exact) mass is 433 g/mol. The predicted molar refractivity (Wildman–Crippen MR) is 119 cm³/mol. The molecule has 0 radical (unpaired) electrons. The van der Waals surface area contributed by atoms with Crippen molar-refractivity contribution in [1.29, 1.82) is 0 Å². The zero-order valence-electron chi connectivity index (χ0n) is 20.0. The molecule has 6 heteroatoms. The summed E-state index contributed by atoms with van der Waals surface area (Å²) in [6, 6.07) is 0. The molecule has 0 aromatic heterocycles. The maximum atomic E-state index is 11.1. The minimum Gasteiger partial charge on any atom is -0.544 e. The number of unbranched alkanes of at least 4 members (excludes halogenated alkanes) is 14. The second kappa shape index (κ2) is 19.7. The van der Waals surface area contributed by atoms with Gasteiger partial charge in [-0.3, -0.25) is 4.48 Å². The smallest absolute Gasteiger partial charge is 0.544 e. The van der Waals surface area contributed by atoms with Crippen molar-refractivity contribution >= 4 is 11.8 Å². The maximum absolute atomic E-state index is 11.1. The number of carbonyl (C=O) groups is 1. The summed E-state index contributed by atoms with van der Waals surface area (Å²) in [6.45, 7) is 3.99. The van der Waals surface area contributed by atoms with E-state index in [1.54, 1.807) is 0 Å². The van der Waals surface area contributed by atoms with Gasteiger partial charge in [-0.1, -0.05) is 96.8 Å². The van der Waals surface area contributed by atoms with Crippen molar-refractivity contribution in [3.8, 4) is 0 Å². The summed E-state index contributed by atoms with van der Waals surface area (Å²) < 4.78 is 0.303. The minimum absolute atomic E-state index is 0. The Kier molecular flexibility index (Phi) is 19.8. The molecule has 1 aliphatic heterocycles. The zero-order chi connectivity index (χ0) is 21.2. The van der Waals surface area contributed by atoms with Crippen molar-refractivity contribution in [2.75, 3.05) is 32.8 Å². The second-order valence-electron chi connectivity index (χ2n) is 8.84. The number of hydrogen-bond acceptors (Lipinski definition) is 4. The first-order chi connectivity index (χ1) is 14.1. The number of carboxylic acid groups (broad SMARTS) is 1. The molecule has 0 bridgehead atoms. The van der Waals surface area contributed by atoms with Gasteiger partial charge in [0.25, 0.3) is 0 Å². The van der Waals surface area contributed by atoms with Gasteiger partial charge in [-0.15, -0.1) is 0 Å². The van der Waals surface area contributed by atoms with Gasteiger partial charge in [0.05, 0.1) is 19.1 Å². The molecule has 0 aromatic rings. The summed E-state index contributed by atoms with van der Waals surface area (Å²) in [5.41, 5.74) is 0. The predicted octanol–water partition coefficient (Wildman–Crippen LogP) is 1.22. The Morgan fingerprint density at radius 3 is 1.80 bits per heavy atom. The number of hydrogen-bond donors (Lipinski definition) is 1. The van der Waals surface area contributed by atoms with Gasteiger partial charge in [0.15, 0.2) is 5.84 Å². The van der Waals surface area contributed by atoms with Crippen LogP contribution < -0.4 is 34.7 Å². The number of aliphatic imine (C=N–C) groups is 1. The molecule has 1 atom stereocenters. The standard InChI is InChI=1S/C24H46N2O3.Na/c1-2-3-4-5-6-7-8-9-10-11-12-13-14-15-16-17-23-25-18-19-26(23,20-21-27)22-24(28)29;/h27H,2-22H2,1H3;/q;+1. The maximum Gasteiger partial charge on any atom is 1.00 e. The first kappa shape index (κ1) is 30.1. The van der Waals surface area contributed by atoms with Gasteiger partial charge in [-0.05, 0) is 6.42 Å². The Hall–Kier alpha value is 0.0600. The van der Waals surface area contributed by atoms with Crippen LogP contribution in [0, 0.1) is 0 Å². The Morgan fingerprint density at radius 2 is 1.37 bits per heavy atom. The molecule has 0 spiro atoms. The number of carboxylic acids is 1. The van der Waals surface area contributed by atoms with E-state index in [-0.39, 0.29) is 42.7 Å². The molecule has 1 N–H and O–H groups in total. The van der Waals surface area contributed by atoms with Crippen LogP contribution in [0.15, 0.2) is 4.99 Å². The molecule has 1 unspecified atom stereocenters. The second-order valence-corrected chi connectivity index (χ2v) is 8.84. The summed E-state index contributed by atoms with van der Waals surface area (Å²) in [7, 11) is 0. The van der Waals surface area contributed by atoms with Crippen molar-refractivity contribution in [3.63, 3.8) is 0 Å². The number of rotatable bonds is 20. The number of amidine groups is 1. The molecule has 0 amide bonds. The van der Waals surface area contributed by atoms with Crippen LogP contribution in [0.2, 0.25) is 0 Å². The minimum atomic E-state index is -1.05. The van der Waals surface area contributed by atoms with Gasteiger partial charge in [0.1, 0.15) is 19.6 Å². The molecule has 1 aliphatic rings. The molecule has 1 heterocycles. The van der Waals surface area contributed by atoms with E-state index in [0.29, 0.717) is 24.1 Å². The van der Waals surface area contributed by atoms with Crippen LogP contribution in [0.1, 0.15) is 110 Å². The van der Waals surface area contributed by atoms with Crippen molar-refractivity contribution in [1.82, 2.24) is 0 Å². The SMILES string of the molecule is CCCCCCCCCCCCCCCCCC1=NCC[N+]1(CCO)CC(=O)[O-].[Na+]. The zero-order valence-corrected chi connectivity index (χ0v) is 22.0. The average Bonchev–Trinajstić information content (AvgIpc) is 3.06. The largest absolute Gasteiger partial charge is 1.00 e. The van der Waals surface area contributed by atoms with Crippen molar-refractivity contribution < 1.29 is 49.0 Å². The van der Waals surface area contributed by atoms with Gasteiger partial charge >= 0.3 is 29.6 Å². The van der Waals surface area contributed by atoms with E-state index < -0.39 is 5.97 Å². The topological polar surface area (TPSA) is 72.7 Å². The average molecular weight is 434 g/mol. The van der Waals surface area contributed by atoms with Crippen LogP contribution in [-0.2, 0) is 4.79 Å². The number of aliphatic hydroxyl groups excluding tert-OH is 1. The third-order valence-corrected chi connectivity index (χ3v) is 6.33. The molecule has 1 rings (SSSR count). The van der Waals surface area contributed by atoms with Gasteiger partial charge in [-0.2, -0.15) is 0 Å². The molecule has 0 saturated carbocycles. The molecule has 0 saturated heterocycles. The summed E-state index contributed by atoms with van der Waals surface area (Å²) in [4.78, 5) is 15.7. The van der Waals surface area contributed by atoms with Crippen LogP contribution in [0.4, 0.5) is 0 Å². The van der Waals surface area contributed by atoms with E-state index in [9.17, 15) is 15.0 Å². The van der Waals surface area contributed by atoms with Crippen molar-refractivity contribution in [2.45, 2.75) is 110 Å². The van der Waals surface area contributed by atoms with Crippen LogP contribution in [0.25, 0.3) is 0 Å². The molecule has 0 aliphatic carbocycles. The van der Waals surface area contributed by atoms with Crippen molar-refractivity contribution in [3.05, 3.63) is 0 Å². The third-order valence-electron chi connectivity index (χ3n) is 6.33. The fraction of sp³-hybridized carbons (Fsp3) is 0.917. The number of nitrogens with zero attached hydrogens (tertiary/aromatic N) is 2. The fourth-order valence-corrected chi connectivity index (χ4v) is 4.55. The van der Waals surface area contributed by atoms with Gasteiger partial charge < -0.3 is 15.0 Å². The Morgan fingerprint density at radius 1 is 0.900 bits per heavy atom. The summed E-state index contributed by atoms with van der Waals surface area (Å²) in [5, 5.41) is 20.5. The number of aliphatic carboxylic acids is 1. The first-order valence-corrected chi connectivity index (χ1v) is 12.4. The molecule has 5 nitrogen and oxygen atoms in total. The van der Waals surface area contributed by atoms with Gasteiger partial charge in [0, 0.05) is 6.42 Å². The van der Waals surface area contributed by atoms with Crippen LogP contribution in [-0.4, -0.2) is 54.2 Å². The van der Waals surface area contributed by atoms with Crippen molar-refractivity contribution in [2.24, 2.45) is 4.99 Å². The van der Waals surface area contributed by atoms with E-state index >= 15 is 0 Å². The normalized spacial score (nSPS) is 18.3. The third kappa shape index (κ3) is 13.5. The molecular formula is C24H46N2NaO3+. The summed E-state index contributed by atoms with van der Waals surface area (Å²) in [5.74, 6) is -0.0949. The quantitative estimate of drug-likeness (QED) is 0.178. The Balaban J connectivity index is 0.00000841. The van der Waals surface area contributed by atoms with E-state index in [0.717, 1.165) is 18.7 Å². The Bertz CT molecular complexity index is 460. The molecule has 170 valence electrons. The molecule has 30 heavy (non-hydrogen) atoms. The van der Waals surface area contributed by atoms with E-state index in [1.807, 2.05) is 0 Å². The molecular weight excluding hydrogens is 387 g/mol. The van der Waals surface area contributed by atoms with E-state index in [2.05, 4.69) is 11.9 Å². The molecule has 0 fully saturated rings. The fourth-order valence-electron chi connectivity index (χ4n) is 4.55. The van der Waals surface area contributed by atoms with Crippen LogP contribution >= 0.6 is 0 Å². The number of quaternary nitrogens is 1. The van der Waals surface area contributed by atoms with Gasteiger partial charge in [-0.25, -0.2) is 4.99 Å².